The van der Waals surface area contributed by atoms with Gasteiger partial charge >= 0.3 is 0 Å². The lowest BCUT2D eigenvalue weighted by atomic mass is 10.1. The number of ether oxygens (including phenoxy) is 1. The maximum atomic E-state index is 5.30. The van der Waals surface area contributed by atoms with Crippen LogP contribution in [0.1, 0.15) is 38.2 Å². The van der Waals surface area contributed by atoms with E-state index >= 15 is 0 Å². The fraction of sp³-hybridized carbons (Fsp3) is 0.500. The highest BCUT2D eigenvalue weighted by molar-refractivity contribution is 5.48. The molecule has 1 saturated carbocycles. The molecular formula is C14H19NO. The summed E-state index contributed by atoms with van der Waals surface area (Å²) >= 11 is 0. The first-order chi connectivity index (χ1) is 7.88. The average molecular weight is 217 g/mol. The summed E-state index contributed by atoms with van der Waals surface area (Å²) < 4.78 is 5.30. The number of allylic oxidation sites excluding steroid dienone is 1. The van der Waals surface area contributed by atoms with Crippen LogP contribution in [0.4, 0.5) is 0 Å². The van der Waals surface area contributed by atoms with E-state index in [0.717, 1.165) is 11.5 Å². The zero-order valence-corrected chi connectivity index (χ0v) is 9.86. The summed E-state index contributed by atoms with van der Waals surface area (Å²) in [6.45, 7) is 2.64. The largest absolute Gasteiger partial charge is 0.478 e. The van der Waals surface area contributed by atoms with E-state index in [0.29, 0.717) is 12.5 Å². The molecule has 0 aromatic carbocycles. The van der Waals surface area contributed by atoms with Crippen molar-refractivity contribution < 1.29 is 4.74 Å². The number of pyridine rings is 1. The van der Waals surface area contributed by atoms with Crippen LogP contribution in [0.2, 0.25) is 0 Å². The molecule has 0 bridgehead atoms. The highest BCUT2D eigenvalue weighted by Gasteiger charge is 2.10. The fourth-order valence-electron chi connectivity index (χ4n) is 2.12. The Bertz CT molecular complexity index is 336. The van der Waals surface area contributed by atoms with Crippen molar-refractivity contribution in [3.8, 4) is 5.88 Å². The fourth-order valence-corrected chi connectivity index (χ4v) is 2.12. The number of hydrogen-bond acceptors (Lipinski definition) is 2. The molecule has 1 aliphatic carbocycles. The van der Waals surface area contributed by atoms with E-state index < -0.39 is 0 Å². The van der Waals surface area contributed by atoms with E-state index in [-0.39, 0.29) is 0 Å². The monoisotopic (exact) mass is 217 g/mol. The van der Waals surface area contributed by atoms with Crippen molar-refractivity contribution in [2.24, 2.45) is 5.92 Å². The van der Waals surface area contributed by atoms with Gasteiger partial charge in [0, 0.05) is 12.3 Å². The molecule has 86 valence electrons. The van der Waals surface area contributed by atoms with Gasteiger partial charge in [0.2, 0.25) is 5.88 Å². The SMILES string of the molecule is CCOc1ccc(C=CC2CCCC2)cn1. The van der Waals surface area contributed by atoms with Crippen LogP contribution in [0.25, 0.3) is 6.08 Å². The maximum Gasteiger partial charge on any atom is 0.213 e. The molecule has 0 amide bonds. The first kappa shape index (κ1) is 11.2. The van der Waals surface area contributed by atoms with Crippen LogP contribution in [0, 0.1) is 5.92 Å². The van der Waals surface area contributed by atoms with Crippen molar-refractivity contribution in [2.45, 2.75) is 32.6 Å². The Morgan fingerprint density at radius 3 is 2.81 bits per heavy atom. The Morgan fingerprint density at radius 1 is 1.38 bits per heavy atom. The van der Waals surface area contributed by atoms with Crippen LogP contribution in [0.15, 0.2) is 24.4 Å². The van der Waals surface area contributed by atoms with E-state index in [1.54, 1.807) is 0 Å². The maximum absolute atomic E-state index is 5.30. The van der Waals surface area contributed by atoms with Crippen LogP contribution in [-0.4, -0.2) is 11.6 Å². The van der Waals surface area contributed by atoms with Crippen LogP contribution in [0.5, 0.6) is 5.88 Å². The standard InChI is InChI=1S/C14H19NO/c1-2-16-14-10-9-13(11-15-14)8-7-12-5-3-4-6-12/h7-12H,2-6H2,1H3. The minimum Gasteiger partial charge on any atom is -0.478 e. The zero-order chi connectivity index (χ0) is 11.2. The van der Waals surface area contributed by atoms with Crippen molar-refractivity contribution in [2.75, 3.05) is 6.61 Å². The van der Waals surface area contributed by atoms with Crippen molar-refractivity contribution >= 4 is 6.08 Å². The number of nitrogens with zero attached hydrogens (tertiary/aromatic N) is 1. The second-order valence-corrected chi connectivity index (χ2v) is 4.27. The predicted molar refractivity (Wildman–Crippen MR) is 66.4 cm³/mol. The Labute approximate surface area is 97.4 Å². The molecule has 1 fully saturated rings. The zero-order valence-electron chi connectivity index (χ0n) is 9.86. The lowest BCUT2D eigenvalue weighted by molar-refractivity contribution is 0.327. The average Bonchev–Trinajstić information content (AvgIpc) is 2.82. The molecule has 0 N–H and O–H groups in total. The topological polar surface area (TPSA) is 22.1 Å². The smallest absolute Gasteiger partial charge is 0.213 e. The third kappa shape index (κ3) is 3.09. The molecule has 1 aromatic rings. The summed E-state index contributed by atoms with van der Waals surface area (Å²) in [5.41, 5.74) is 1.16. The number of aromatic nitrogens is 1. The van der Waals surface area contributed by atoms with Crippen molar-refractivity contribution in [1.82, 2.24) is 4.98 Å². The molecule has 1 heterocycles. The summed E-state index contributed by atoms with van der Waals surface area (Å²) in [7, 11) is 0. The molecule has 1 aliphatic rings. The van der Waals surface area contributed by atoms with Crippen molar-refractivity contribution in [1.29, 1.82) is 0 Å². The second kappa shape index (κ2) is 5.69. The van der Waals surface area contributed by atoms with Gasteiger partial charge in [-0.3, -0.25) is 0 Å². The second-order valence-electron chi connectivity index (χ2n) is 4.27. The number of rotatable bonds is 4. The third-order valence-corrected chi connectivity index (χ3v) is 3.01. The first-order valence-electron chi connectivity index (χ1n) is 6.15. The van der Waals surface area contributed by atoms with Gasteiger partial charge in [-0.2, -0.15) is 0 Å². The molecule has 0 atom stereocenters. The van der Waals surface area contributed by atoms with Crippen LogP contribution >= 0.6 is 0 Å². The van der Waals surface area contributed by atoms with Crippen LogP contribution in [-0.2, 0) is 0 Å². The van der Waals surface area contributed by atoms with Gasteiger partial charge in [0.25, 0.3) is 0 Å². The lowest BCUT2D eigenvalue weighted by Gasteiger charge is -2.02. The quantitative estimate of drug-likeness (QED) is 0.767. The molecule has 16 heavy (non-hydrogen) atoms. The van der Waals surface area contributed by atoms with Gasteiger partial charge in [-0.25, -0.2) is 4.98 Å². The predicted octanol–water partition coefficient (Wildman–Crippen LogP) is 3.68. The summed E-state index contributed by atoms with van der Waals surface area (Å²) in [6.07, 6.45) is 11.8. The Hall–Kier alpha value is -1.31. The van der Waals surface area contributed by atoms with Gasteiger partial charge in [0.05, 0.1) is 6.61 Å². The molecule has 1 aromatic heterocycles. The Morgan fingerprint density at radius 2 is 2.19 bits per heavy atom. The van der Waals surface area contributed by atoms with E-state index in [1.165, 1.54) is 25.7 Å². The summed E-state index contributed by atoms with van der Waals surface area (Å²) in [5, 5.41) is 0. The van der Waals surface area contributed by atoms with Crippen molar-refractivity contribution in [3.63, 3.8) is 0 Å². The van der Waals surface area contributed by atoms with Gasteiger partial charge in [-0.05, 0) is 37.3 Å². The van der Waals surface area contributed by atoms with Crippen molar-refractivity contribution in [3.05, 3.63) is 30.0 Å². The van der Waals surface area contributed by atoms with E-state index in [9.17, 15) is 0 Å². The summed E-state index contributed by atoms with van der Waals surface area (Å²) in [6, 6.07) is 3.99. The molecular weight excluding hydrogens is 198 g/mol. The molecule has 0 saturated heterocycles. The molecule has 0 unspecified atom stereocenters. The van der Waals surface area contributed by atoms with Gasteiger partial charge in [-0.15, -0.1) is 0 Å². The highest BCUT2D eigenvalue weighted by atomic mass is 16.5. The van der Waals surface area contributed by atoms with Gasteiger partial charge < -0.3 is 4.74 Å². The molecule has 2 rings (SSSR count). The van der Waals surface area contributed by atoms with E-state index in [1.807, 2.05) is 19.2 Å². The molecule has 0 radical (unpaired) electrons. The first-order valence-corrected chi connectivity index (χ1v) is 6.15. The molecule has 2 nitrogen and oxygen atoms in total. The van der Waals surface area contributed by atoms with E-state index in [2.05, 4.69) is 23.2 Å². The Balaban J connectivity index is 1.93. The highest BCUT2D eigenvalue weighted by Crippen LogP contribution is 2.26. The molecule has 0 aliphatic heterocycles. The normalized spacial score (nSPS) is 17.1. The minimum atomic E-state index is 0.671. The lowest BCUT2D eigenvalue weighted by Crippen LogP contribution is -1.93. The van der Waals surface area contributed by atoms with E-state index in [4.69, 9.17) is 4.74 Å². The summed E-state index contributed by atoms with van der Waals surface area (Å²) in [5.74, 6) is 1.49. The third-order valence-electron chi connectivity index (χ3n) is 3.01. The van der Waals surface area contributed by atoms with Gasteiger partial charge in [0.15, 0.2) is 0 Å². The van der Waals surface area contributed by atoms with Gasteiger partial charge in [-0.1, -0.05) is 25.0 Å². The summed E-state index contributed by atoms with van der Waals surface area (Å²) in [4.78, 5) is 4.24. The van der Waals surface area contributed by atoms with Crippen LogP contribution in [0.3, 0.4) is 0 Å². The minimum absolute atomic E-state index is 0.671. The Kier molecular flexibility index (Phi) is 3.97. The van der Waals surface area contributed by atoms with Crippen LogP contribution < -0.4 is 4.74 Å². The van der Waals surface area contributed by atoms with Gasteiger partial charge in [0.1, 0.15) is 0 Å². The molecule has 0 spiro atoms. The molecule has 2 heteroatoms. The number of hydrogen-bond donors (Lipinski definition) is 0.